The van der Waals surface area contributed by atoms with Crippen LogP contribution in [0.3, 0.4) is 0 Å². The maximum atomic E-state index is 13.5. The fourth-order valence-corrected chi connectivity index (χ4v) is 3.70. The SMILES string of the molecule is CC(OC(=O)C12CCC(C)(C(=O)O1)C2(C)C)C(F)(F)S(=O)(=O)O. The molecule has 3 atom stereocenters. The van der Waals surface area contributed by atoms with Gasteiger partial charge in [-0.25, -0.2) is 4.79 Å². The van der Waals surface area contributed by atoms with Crippen molar-refractivity contribution in [1.82, 2.24) is 0 Å². The second kappa shape index (κ2) is 4.62. The fraction of sp³-hybridized carbons (Fsp3) is 0.846. The molecular formula is C13H18F2O7S. The Morgan fingerprint density at radius 1 is 1.35 bits per heavy atom. The van der Waals surface area contributed by atoms with Crippen LogP contribution in [0.1, 0.15) is 40.5 Å². The van der Waals surface area contributed by atoms with Gasteiger partial charge in [0.25, 0.3) is 0 Å². The van der Waals surface area contributed by atoms with Gasteiger partial charge in [0.2, 0.25) is 5.60 Å². The fourth-order valence-electron chi connectivity index (χ4n) is 3.24. The normalized spacial score (nSPS) is 34.1. The number of fused-ring (bicyclic) bond motifs is 2. The van der Waals surface area contributed by atoms with Gasteiger partial charge in [0.1, 0.15) is 0 Å². The molecule has 10 heteroatoms. The summed E-state index contributed by atoms with van der Waals surface area (Å²) in [5.41, 5.74) is -3.72. The van der Waals surface area contributed by atoms with Gasteiger partial charge in [-0.2, -0.15) is 17.2 Å². The average Bonchev–Trinajstić information content (AvgIpc) is 2.67. The molecule has 1 aliphatic heterocycles. The molecule has 0 aromatic carbocycles. The van der Waals surface area contributed by atoms with Crippen LogP contribution < -0.4 is 0 Å². The third kappa shape index (κ3) is 2.03. The monoisotopic (exact) mass is 356 g/mol. The van der Waals surface area contributed by atoms with Gasteiger partial charge in [0.15, 0.2) is 6.10 Å². The summed E-state index contributed by atoms with van der Waals surface area (Å²) in [4.78, 5) is 24.4. The smallest absolute Gasteiger partial charge is 0.405 e. The Hall–Kier alpha value is -1.29. The molecule has 132 valence electrons. The largest absolute Gasteiger partial charge is 0.452 e. The van der Waals surface area contributed by atoms with Crippen molar-refractivity contribution in [3.8, 4) is 0 Å². The minimum Gasteiger partial charge on any atom is -0.452 e. The van der Waals surface area contributed by atoms with E-state index < -0.39 is 49.8 Å². The Morgan fingerprint density at radius 2 is 1.87 bits per heavy atom. The molecule has 3 unspecified atom stereocenters. The Balaban J connectivity index is 2.31. The van der Waals surface area contributed by atoms with E-state index in [0.29, 0.717) is 13.3 Å². The van der Waals surface area contributed by atoms with Gasteiger partial charge in [-0.3, -0.25) is 9.35 Å². The van der Waals surface area contributed by atoms with Crippen LogP contribution in [0.25, 0.3) is 0 Å². The number of hydrogen-bond acceptors (Lipinski definition) is 6. The van der Waals surface area contributed by atoms with Gasteiger partial charge < -0.3 is 9.47 Å². The van der Waals surface area contributed by atoms with E-state index >= 15 is 0 Å². The highest BCUT2D eigenvalue weighted by molar-refractivity contribution is 7.86. The van der Waals surface area contributed by atoms with Gasteiger partial charge in [-0.05, 0) is 26.7 Å². The van der Waals surface area contributed by atoms with Crippen molar-refractivity contribution >= 4 is 22.1 Å². The van der Waals surface area contributed by atoms with Gasteiger partial charge in [0, 0.05) is 5.41 Å². The maximum absolute atomic E-state index is 13.5. The van der Waals surface area contributed by atoms with Crippen molar-refractivity contribution in [2.75, 3.05) is 0 Å². The molecule has 0 radical (unpaired) electrons. The number of rotatable bonds is 4. The summed E-state index contributed by atoms with van der Waals surface area (Å²) in [6.07, 6.45) is -2.04. The first-order valence-electron chi connectivity index (χ1n) is 6.93. The number of halogens is 2. The summed E-state index contributed by atoms with van der Waals surface area (Å²) >= 11 is 0. The number of carbonyl (C=O) groups is 2. The topological polar surface area (TPSA) is 107 Å². The van der Waals surface area contributed by atoms with Crippen molar-refractivity contribution in [2.24, 2.45) is 10.8 Å². The summed E-state index contributed by atoms with van der Waals surface area (Å²) in [7, 11) is -5.76. The summed E-state index contributed by atoms with van der Waals surface area (Å²) < 4.78 is 66.8. The van der Waals surface area contributed by atoms with Crippen LogP contribution in [-0.2, 0) is 29.2 Å². The minimum absolute atomic E-state index is 0.0885. The lowest BCUT2D eigenvalue weighted by molar-refractivity contribution is -0.193. The quantitative estimate of drug-likeness (QED) is 0.601. The first-order chi connectivity index (χ1) is 10.1. The Bertz CT molecular complexity index is 672. The van der Waals surface area contributed by atoms with Crippen LogP contribution in [0.15, 0.2) is 0 Å². The highest BCUT2D eigenvalue weighted by Crippen LogP contribution is 2.65. The molecule has 2 rings (SSSR count). The van der Waals surface area contributed by atoms with E-state index in [2.05, 4.69) is 4.74 Å². The van der Waals surface area contributed by atoms with E-state index in [-0.39, 0.29) is 6.42 Å². The molecule has 2 fully saturated rings. The highest BCUT2D eigenvalue weighted by Gasteiger charge is 2.76. The summed E-state index contributed by atoms with van der Waals surface area (Å²) in [6.45, 7) is 5.45. The molecule has 1 aliphatic carbocycles. The van der Waals surface area contributed by atoms with E-state index in [1.807, 2.05) is 0 Å². The van der Waals surface area contributed by atoms with E-state index in [9.17, 15) is 26.8 Å². The molecule has 7 nitrogen and oxygen atoms in total. The number of alkyl halides is 2. The van der Waals surface area contributed by atoms with Crippen molar-refractivity contribution in [1.29, 1.82) is 0 Å². The lowest BCUT2D eigenvalue weighted by atomic mass is 9.66. The summed E-state index contributed by atoms with van der Waals surface area (Å²) in [6, 6.07) is 0. The van der Waals surface area contributed by atoms with Crippen molar-refractivity contribution in [2.45, 2.75) is 57.5 Å². The first-order valence-corrected chi connectivity index (χ1v) is 8.37. The molecule has 1 saturated heterocycles. The zero-order chi connectivity index (χ0) is 18.1. The number of carbonyl (C=O) groups excluding carboxylic acids is 2. The molecular weight excluding hydrogens is 338 g/mol. The third-order valence-electron chi connectivity index (χ3n) is 5.51. The van der Waals surface area contributed by atoms with Crippen LogP contribution in [0.2, 0.25) is 0 Å². The van der Waals surface area contributed by atoms with Crippen LogP contribution >= 0.6 is 0 Å². The van der Waals surface area contributed by atoms with Crippen LogP contribution in [0, 0.1) is 10.8 Å². The molecule has 1 saturated carbocycles. The van der Waals surface area contributed by atoms with Crippen LogP contribution in [-0.4, -0.2) is 41.9 Å². The van der Waals surface area contributed by atoms with Crippen molar-refractivity contribution < 1.29 is 40.8 Å². The predicted molar refractivity (Wildman–Crippen MR) is 72.0 cm³/mol. The molecule has 0 aromatic heterocycles. The number of hydrogen-bond donors (Lipinski definition) is 1. The van der Waals surface area contributed by atoms with Gasteiger partial charge >= 0.3 is 27.3 Å². The Labute approximate surface area is 132 Å². The standard InChI is InChI=1S/C13H18F2O7S/c1-7(13(14,15)23(18,19)20)21-9(17)12-6-5-11(4,8(16)22-12)10(12,2)3/h7H,5-6H2,1-4H3,(H,18,19,20). The maximum Gasteiger partial charge on any atom is 0.405 e. The number of ether oxygens (including phenoxy) is 2. The first kappa shape index (κ1) is 18.1. The second-order valence-electron chi connectivity index (χ2n) is 6.76. The van der Waals surface area contributed by atoms with Crippen molar-refractivity contribution in [3.05, 3.63) is 0 Å². The molecule has 0 amide bonds. The molecule has 2 aliphatic rings. The number of esters is 2. The van der Waals surface area contributed by atoms with Crippen molar-refractivity contribution in [3.63, 3.8) is 0 Å². The summed E-state index contributed by atoms with van der Waals surface area (Å²) in [5, 5.41) is -4.67. The van der Waals surface area contributed by atoms with E-state index in [1.54, 1.807) is 20.8 Å². The molecule has 0 spiro atoms. The summed E-state index contributed by atoms with van der Waals surface area (Å²) in [5.74, 6) is -1.87. The van der Waals surface area contributed by atoms with E-state index in [4.69, 9.17) is 9.29 Å². The lowest BCUT2D eigenvalue weighted by Crippen LogP contribution is -2.52. The molecule has 1 heterocycles. The average molecular weight is 356 g/mol. The van der Waals surface area contributed by atoms with Crippen LogP contribution in [0.5, 0.6) is 0 Å². The van der Waals surface area contributed by atoms with Gasteiger partial charge in [-0.15, -0.1) is 0 Å². The van der Waals surface area contributed by atoms with Gasteiger partial charge in [0.05, 0.1) is 5.41 Å². The van der Waals surface area contributed by atoms with E-state index in [1.165, 1.54) is 0 Å². The Morgan fingerprint density at radius 3 is 2.22 bits per heavy atom. The zero-order valence-corrected chi connectivity index (χ0v) is 13.9. The molecule has 1 N–H and O–H groups in total. The lowest BCUT2D eigenvalue weighted by Gasteiger charge is -2.35. The molecule has 23 heavy (non-hydrogen) atoms. The molecule has 0 aromatic rings. The Kier molecular flexibility index (Phi) is 3.63. The highest BCUT2D eigenvalue weighted by atomic mass is 32.2. The van der Waals surface area contributed by atoms with E-state index in [0.717, 1.165) is 0 Å². The minimum atomic E-state index is -5.76. The third-order valence-corrected chi connectivity index (χ3v) is 6.53. The zero-order valence-electron chi connectivity index (χ0n) is 13.1. The molecule has 2 bridgehead atoms. The van der Waals surface area contributed by atoms with Crippen LogP contribution in [0.4, 0.5) is 8.78 Å². The second-order valence-corrected chi connectivity index (χ2v) is 8.25. The van der Waals surface area contributed by atoms with Gasteiger partial charge in [-0.1, -0.05) is 13.8 Å². The predicted octanol–water partition coefficient (Wildman–Crippen LogP) is 1.52.